The number of methoxy groups -OCH3 is 1. The van der Waals surface area contributed by atoms with Crippen LogP contribution in [0.15, 0.2) is 60.8 Å². The van der Waals surface area contributed by atoms with Crippen molar-refractivity contribution < 1.29 is 14.3 Å². The van der Waals surface area contributed by atoms with Crippen LogP contribution in [0.1, 0.15) is 21.6 Å². The van der Waals surface area contributed by atoms with Crippen LogP contribution in [0.5, 0.6) is 5.75 Å². The maximum Gasteiger partial charge on any atom is 0.262 e. The molecule has 0 spiro atoms. The number of halogens is 2. The normalized spacial score (nSPS) is 13.7. The van der Waals surface area contributed by atoms with Gasteiger partial charge in [-0.2, -0.15) is 0 Å². The van der Waals surface area contributed by atoms with Gasteiger partial charge in [-0.25, -0.2) is 4.98 Å². The number of fused-ring (bicyclic) bond motifs is 1. The number of carbonyl (C=O) groups excluding carboxylic acids is 2. The van der Waals surface area contributed by atoms with E-state index in [1.165, 1.54) is 0 Å². The van der Waals surface area contributed by atoms with Gasteiger partial charge in [-0.05, 0) is 89.7 Å². The number of piperazine rings is 1. The average Bonchev–Trinajstić information content (AvgIpc) is 3.19. The summed E-state index contributed by atoms with van der Waals surface area (Å²) in [6.07, 6.45) is 2.00. The topological polar surface area (TPSA) is 67.7 Å². The Kier molecular flexibility index (Phi) is 7.39. The summed E-state index contributed by atoms with van der Waals surface area (Å²) in [5.41, 5.74) is 2.86. The van der Waals surface area contributed by atoms with E-state index in [0.717, 1.165) is 44.6 Å². The zero-order chi connectivity index (χ0) is 26.1. The zero-order valence-electron chi connectivity index (χ0n) is 20.6. The van der Waals surface area contributed by atoms with Gasteiger partial charge in [0.05, 0.1) is 22.6 Å². The molecule has 1 fully saturated rings. The van der Waals surface area contributed by atoms with Crippen LogP contribution in [0.3, 0.4) is 0 Å². The first-order valence-corrected chi connectivity index (χ1v) is 13.4. The first-order valence-electron chi connectivity index (χ1n) is 12.0. The summed E-state index contributed by atoms with van der Waals surface area (Å²) < 4.78 is 8.23. The molecule has 7 nitrogen and oxygen atoms in total. The van der Waals surface area contributed by atoms with Gasteiger partial charge in [0.2, 0.25) is 5.91 Å². The summed E-state index contributed by atoms with van der Waals surface area (Å²) in [6, 6.07) is 16.4. The lowest BCUT2D eigenvalue weighted by molar-refractivity contribution is -0.130. The summed E-state index contributed by atoms with van der Waals surface area (Å²) in [7, 11) is 1.61. The van der Waals surface area contributed by atoms with Crippen molar-refractivity contribution in [2.24, 2.45) is 0 Å². The van der Waals surface area contributed by atoms with E-state index >= 15 is 0 Å². The summed E-state index contributed by atoms with van der Waals surface area (Å²) >= 11 is 8.32. The van der Waals surface area contributed by atoms with Gasteiger partial charge in [0.1, 0.15) is 11.6 Å². The van der Waals surface area contributed by atoms with Crippen LogP contribution in [0.2, 0.25) is 5.02 Å². The van der Waals surface area contributed by atoms with Gasteiger partial charge in [-0.3, -0.25) is 14.2 Å². The Morgan fingerprint density at radius 2 is 1.78 bits per heavy atom. The molecule has 4 aromatic rings. The van der Waals surface area contributed by atoms with E-state index in [-0.39, 0.29) is 18.2 Å². The molecule has 0 N–H and O–H groups in total. The molecule has 0 saturated carbocycles. The molecule has 0 unspecified atom stereocenters. The maximum absolute atomic E-state index is 13.5. The SMILES string of the molecule is COc1ccc2c(c1)c(CC(=O)N1CCN(c3ncccc3I)CC1)c(C)n2C(=O)c1ccc(Cl)cc1. The maximum atomic E-state index is 13.5. The number of pyridine rings is 1. The highest BCUT2D eigenvalue weighted by molar-refractivity contribution is 14.1. The van der Waals surface area contributed by atoms with E-state index < -0.39 is 0 Å². The van der Waals surface area contributed by atoms with Gasteiger partial charge in [0.15, 0.2) is 0 Å². The number of amides is 1. The Morgan fingerprint density at radius 3 is 2.46 bits per heavy atom. The second-order valence-corrected chi connectivity index (χ2v) is 10.5. The molecule has 3 heterocycles. The lowest BCUT2D eigenvalue weighted by Gasteiger charge is -2.35. The van der Waals surface area contributed by atoms with Crippen molar-refractivity contribution >= 4 is 62.7 Å². The number of anilines is 1. The number of hydrogen-bond acceptors (Lipinski definition) is 5. The van der Waals surface area contributed by atoms with E-state index in [4.69, 9.17) is 16.3 Å². The van der Waals surface area contributed by atoms with Crippen LogP contribution >= 0.6 is 34.2 Å². The van der Waals surface area contributed by atoms with Crippen LogP contribution in [-0.4, -0.2) is 59.6 Å². The van der Waals surface area contributed by atoms with Crippen molar-refractivity contribution in [2.45, 2.75) is 13.3 Å². The molecular weight excluding hydrogens is 603 g/mol. The third-order valence-corrected chi connectivity index (χ3v) is 7.93. The molecule has 0 bridgehead atoms. The molecule has 37 heavy (non-hydrogen) atoms. The lowest BCUT2D eigenvalue weighted by atomic mass is 10.1. The summed E-state index contributed by atoms with van der Waals surface area (Å²) in [6.45, 7) is 4.58. The second kappa shape index (κ2) is 10.7. The average molecular weight is 629 g/mol. The Balaban J connectivity index is 1.42. The lowest BCUT2D eigenvalue weighted by Crippen LogP contribution is -2.49. The molecule has 1 saturated heterocycles. The molecule has 0 radical (unpaired) electrons. The third-order valence-electron chi connectivity index (χ3n) is 6.84. The van der Waals surface area contributed by atoms with E-state index in [1.807, 2.05) is 42.2 Å². The van der Waals surface area contributed by atoms with E-state index in [2.05, 4.69) is 32.5 Å². The molecule has 190 valence electrons. The quantitative estimate of drug-likeness (QED) is 0.285. The minimum Gasteiger partial charge on any atom is -0.497 e. The van der Waals surface area contributed by atoms with Gasteiger partial charge >= 0.3 is 0 Å². The molecule has 0 aliphatic carbocycles. The minimum atomic E-state index is -0.165. The Labute approximate surface area is 234 Å². The minimum absolute atomic E-state index is 0.0410. The molecule has 0 atom stereocenters. The van der Waals surface area contributed by atoms with Gasteiger partial charge in [0.25, 0.3) is 5.91 Å². The molecule has 2 aromatic heterocycles. The van der Waals surface area contributed by atoms with Gasteiger partial charge in [-0.1, -0.05) is 11.6 Å². The number of nitrogens with zero attached hydrogens (tertiary/aromatic N) is 4. The van der Waals surface area contributed by atoms with E-state index in [1.54, 1.807) is 42.1 Å². The summed E-state index contributed by atoms with van der Waals surface area (Å²) in [4.78, 5) is 35.6. The molecule has 1 aliphatic heterocycles. The molecule has 5 rings (SSSR count). The first kappa shape index (κ1) is 25.5. The molecular formula is C28H26ClIN4O3. The van der Waals surface area contributed by atoms with Gasteiger partial charge in [0, 0.05) is 54.0 Å². The highest BCUT2D eigenvalue weighted by atomic mass is 127. The van der Waals surface area contributed by atoms with Crippen LogP contribution in [0, 0.1) is 10.5 Å². The van der Waals surface area contributed by atoms with Gasteiger partial charge in [-0.15, -0.1) is 0 Å². The number of ether oxygens (including phenoxy) is 1. The van der Waals surface area contributed by atoms with Crippen LogP contribution < -0.4 is 9.64 Å². The van der Waals surface area contributed by atoms with E-state index in [0.29, 0.717) is 29.4 Å². The molecule has 1 aliphatic rings. The predicted octanol–water partition coefficient (Wildman–Crippen LogP) is 5.19. The highest BCUT2D eigenvalue weighted by Gasteiger charge is 2.26. The molecule has 1 amide bonds. The van der Waals surface area contributed by atoms with Gasteiger partial charge < -0.3 is 14.5 Å². The third kappa shape index (κ3) is 5.04. The largest absolute Gasteiger partial charge is 0.497 e. The Morgan fingerprint density at radius 1 is 1.05 bits per heavy atom. The molecule has 9 heteroatoms. The van der Waals surface area contributed by atoms with Crippen molar-refractivity contribution in [2.75, 3.05) is 38.2 Å². The monoisotopic (exact) mass is 628 g/mol. The smallest absolute Gasteiger partial charge is 0.262 e. The molecule has 2 aromatic carbocycles. The van der Waals surface area contributed by atoms with Crippen LogP contribution in [0.25, 0.3) is 10.9 Å². The second-order valence-electron chi connectivity index (χ2n) is 8.95. The fraction of sp³-hybridized carbons (Fsp3) is 0.250. The number of rotatable bonds is 5. The van der Waals surface area contributed by atoms with Crippen LogP contribution in [-0.2, 0) is 11.2 Å². The number of hydrogen-bond donors (Lipinski definition) is 0. The fourth-order valence-corrected chi connectivity index (χ4v) is 5.65. The van der Waals surface area contributed by atoms with Crippen molar-refractivity contribution in [3.63, 3.8) is 0 Å². The van der Waals surface area contributed by atoms with Crippen molar-refractivity contribution in [3.8, 4) is 5.75 Å². The van der Waals surface area contributed by atoms with Crippen molar-refractivity contribution in [1.29, 1.82) is 0 Å². The Hall–Kier alpha value is -3.11. The number of aromatic nitrogens is 2. The van der Waals surface area contributed by atoms with Crippen molar-refractivity contribution in [3.05, 3.63) is 86.2 Å². The standard InChI is InChI=1S/C28H26ClIN4O3/c1-18-22(17-26(35)32-12-14-33(15-13-32)27-24(30)4-3-11-31-27)23-16-21(37-2)9-10-25(23)34(18)28(36)19-5-7-20(29)8-6-19/h3-11,16H,12-15,17H2,1-2H3. The Bertz CT molecular complexity index is 1480. The number of benzene rings is 2. The fourth-order valence-electron chi connectivity index (χ4n) is 4.84. The van der Waals surface area contributed by atoms with E-state index in [9.17, 15) is 9.59 Å². The highest BCUT2D eigenvalue weighted by Crippen LogP contribution is 2.31. The van der Waals surface area contributed by atoms with Crippen LogP contribution in [0.4, 0.5) is 5.82 Å². The predicted molar refractivity (Wildman–Crippen MR) is 154 cm³/mol. The number of carbonyl (C=O) groups is 2. The van der Waals surface area contributed by atoms with Crippen molar-refractivity contribution in [1.82, 2.24) is 14.5 Å². The first-order chi connectivity index (χ1) is 17.9. The summed E-state index contributed by atoms with van der Waals surface area (Å²) in [5, 5.41) is 1.41. The summed E-state index contributed by atoms with van der Waals surface area (Å²) in [5.74, 6) is 1.51. The zero-order valence-corrected chi connectivity index (χ0v) is 23.5.